The number of para-hydroxylation sites is 1. The van der Waals surface area contributed by atoms with Gasteiger partial charge < -0.3 is 14.2 Å². The third-order valence-electron chi connectivity index (χ3n) is 3.81. The predicted molar refractivity (Wildman–Crippen MR) is 93.4 cm³/mol. The van der Waals surface area contributed by atoms with E-state index < -0.39 is 0 Å². The minimum absolute atomic E-state index is 0.0432. The molecule has 2 heterocycles. The Morgan fingerprint density at radius 3 is 2.79 bits per heavy atom. The molecule has 0 bridgehead atoms. The summed E-state index contributed by atoms with van der Waals surface area (Å²) in [6, 6.07) is 13.4. The number of carbonyl (C=O) groups excluding carboxylic acids is 1. The molecule has 2 aromatic heterocycles. The third-order valence-corrected chi connectivity index (χ3v) is 3.81. The fraction of sp³-hybridized carbons (Fsp3) is 0.211. The monoisotopic (exact) mass is 324 g/mol. The first-order valence-electron chi connectivity index (χ1n) is 7.78. The number of benzene rings is 1. The van der Waals surface area contributed by atoms with Crippen LogP contribution in [0.5, 0.6) is 0 Å². The van der Waals surface area contributed by atoms with Crippen molar-refractivity contribution in [2.24, 2.45) is 0 Å². The average Bonchev–Trinajstić information content (AvgIpc) is 3.22. The van der Waals surface area contributed by atoms with Gasteiger partial charge in [0.1, 0.15) is 17.1 Å². The van der Waals surface area contributed by atoms with E-state index >= 15 is 0 Å². The molecule has 0 aliphatic rings. The Morgan fingerprint density at radius 1 is 1.25 bits per heavy atom. The molecule has 1 atom stereocenters. The van der Waals surface area contributed by atoms with Crippen LogP contribution >= 0.6 is 0 Å². The molecule has 1 unspecified atom stereocenters. The molecule has 0 radical (unpaired) electrons. The normalized spacial score (nSPS) is 13.0. The van der Waals surface area contributed by atoms with Crippen LogP contribution in [0, 0.1) is 0 Å². The van der Waals surface area contributed by atoms with Gasteiger partial charge in [0.05, 0.1) is 12.3 Å². The SMILES string of the molecule is CN(C)C(CNC(=O)C=Cc1ccco1)c1cc2ccccc2o1. The van der Waals surface area contributed by atoms with Crippen LogP contribution in [0.3, 0.4) is 0 Å². The fourth-order valence-corrected chi connectivity index (χ4v) is 2.50. The maximum Gasteiger partial charge on any atom is 0.244 e. The molecular formula is C19H20N2O3. The maximum atomic E-state index is 12.0. The van der Waals surface area contributed by atoms with E-state index in [2.05, 4.69) is 5.32 Å². The van der Waals surface area contributed by atoms with Gasteiger partial charge in [-0.25, -0.2) is 0 Å². The molecule has 0 saturated heterocycles. The fourth-order valence-electron chi connectivity index (χ4n) is 2.50. The molecule has 0 aliphatic heterocycles. The number of carbonyl (C=O) groups is 1. The van der Waals surface area contributed by atoms with Gasteiger partial charge in [0.2, 0.25) is 5.91 Å². The number of furan rings is 2. The third kappa shape index (κ3) is 3.75. The Balaban J connectivity index is 1.67. The van der Waals surface area contributed by atoms with Crippen LogP contribution in [0.2, 0.25) is 0 Å². The number of rotatable bonds is 6. The molecular weight excluding hydrogens is 304 g/mol. The van der Waals surface area contributed by atoms with Crippen molar-refractivity contribution >= 4 is 23.0 Å². The first-order valence-corrected chi connectivity index (χ1v) is 7.78. The summed E-state index contributed by atoms with van der Waals surface area (Å²) in [7, 11) is 3.92. The van der Waals surface area contributed by atoms with Gasteiger partial charge in [0.15, 0.2) is 0 Å². The maximum absolute atomic E-state index is 12.0. The Hall–Kier alpha value is -2.79. The lowest BCUT2D eigenvalue weighted by Gasteiger charge is -2.22. The van der Waals surface area contributed by atoms with Crippen molar-refractivity contribution in [2.45, 2.75) is 6.04 Å². The largest absolute Gasteiger partial charge is 0.465 e. The Labute approximate surface area is 140 Å². The zero-order chi connectivity index (χ0) is 16.9. The molecule has 124 valence electrons. The van der Waals surface area contributed by atoms with E-state index in [1.54, 1.807) is 24.5 Å². The van der Waals surface area contributed by atoms with Gasteiger partial charge in [-0.3, -0.25) is 9.69 Å². The molecule has 0 spiro atoms. The Kier molecular flexibility index (Phi) is 4.82. The summed E-state index contributed by atoms with van der Waals surface area (Å²) >= 11 is 0. The van der Waals surface area contributed by atoms with Crippen molar-refractivity contribution in [2.75, 3.05) is 20.6 Å². The van der Waals surface area contributed by atoms with Crippen LogP contribution in [-0.4, -0.2) is 31.4 Å². The molecule has 1 N–H and O–H groups in total. The number of hydrogen-bond donors (Lipinski definition) is 1. The van der Waals surface area contributed by atoms with Crippen molar-refractivity contribution in [3.8, 4) is 0 Å². The molecule has 3 rings (SSSR count). The summed E-state index contributed by atoms with van der Waals surface area (Å²) in [5.41, 5.74) is 0.850. The highest BCUT2D eigenvalue weighted by Gasteiger charge is 2.19. The average molecular weight is 324 g/mol. The first kappa shape index (κ1) is 16.1. The number of likely N-dealkylation sites (N-methyl/N-ethyl adjacent to an activating group) is 1. The number of fused-ring (bicyclic) bond motifs is 1. The van der Waals surface area contributed by atoms with Gasteiger partial charge in [-0.05, 0) is 44.4 Å². The summed E-state index contributed by atoms with van der Waals surface area (Å²) in [5, 5.41) is 3.96. The second-order valence-corrected chi connectivity index (χ2v) is 5.76. The van der Waals surface area contributed by atoms with E-state index in [9.17, 15) is 4.79 Å². The van der Waals surface area contributed by atoms with Gasteiger partial charge in [-0.1, -0.05) is 18.2 Å². The predicted octanol–water partition coefficient (Wildman–Crippen LogP) is 3.46. The van der Waals surface area contributed by atoms with E-state index in [0.717, 1.165) is 16.7 Å². The summed E-state index contributed by atoms with van der Waals surface area (Å²) in [6.45, 7) is 0.453. The van der Waals surface area contributed by atoms with E-state index in [0.29, 0.717) is 12.3 Å². The zero-order valence-corrected chi connectivity index (χ0v) is 13.7. The standard InChI is InChI=1S/C19H20N2O3/c1-21(2)16(18-12-14-6-3-4-8-17(14)24-18)13-20-19(22)10-9-15-7-5-11-23-15/h3-12,16H,13H2,1-2H3,(H,20,22). The van der Waals surface area contributed by atoms with Gasteiger partial charge in [0.25, 0.3) is 0 Å². The van der Waals surface area contributed by atoms with Crippen LogP contribution in [0.4, 0.5) is 0 Å². The zero-order valence-electron chi connectivity index (χ0n) is 13.7. The highest BCUT2D eigenvalue weighted by atomic mass is 16.3. The molecule has 5 nitrogen and oxygen atoms in total. The van der Waals surface area contributed by atoms with Crippen LogP contribution in [0.25, 0.3) is 17.0 Å². The molecule has 0 aliphatic carbocycles. The summed E-state index contributed by atoms with van der Waals surface area (Å²) in [6.07, 6.45) is 4.67. The van der Waals surface area contributed by atoms with Crippen LogP contribution < -0.4 is 5.32 Å². The summed E-state index contributed by atoms with van der Waals surface area (Å²) in [4.78, 5) is 14.0. The number of nitrogens with one attached hydrogen (secondary N) is 1. The van der Waals surface area contributed by atoms with E-state index in [-0.39, 0.29) is 11.9 Å². The molecule has 5 heteroatoms. The van der Waals surface area contributed by atoms with Crippen molar-refractivity contribution in [1.82, 2.24) is 10.2 Å². The molecule has 1 amide bonds. The van der Waals surface area contributed by atoms with Gasteiger partial charge in [-0.15, -0.1) is 0 Å². The van der Waals surface area contributed by atoms with E-state index in [4.69, 9.17) is 8.83 Å². The molecule has 1 aromatic carbocycles. The lowest BCUT2D eigenvalue weighted by molar-refractivity contribution is -0.116. The van der Waals surface area contributed by atoms with Gasteiger partial charge >= 0.3 is 0 Å². The molecule has 0 fully saturated rings. The molecule has 0 saturated carbocycles. The van der Waals surface area contributed by atoms with Gasteiger partial charge in [0, 0.05) is 18.0 Å². The van der Waals surface area contributed by atoms with Crippen LogP contribution in [-0.2, 0) is 4.79 Å². The van der Waals surface area contributed by atoms with Crippen molar-refractivity contribution < 1.29 is 13.6 Å². The van der Waals surface area contributed by atoms with Gasteiger partial charge in [-0.2, -0.15) is 0 Å². The minimum Gasteiger partial charge on any atom is -0.465 e. The smallest absolute Gasteiger partial charge is 0.244 e. The first-order chi connectivity index (χ1) is 11.6. The molecule has 3 aromatic rings. The van der Waals surface area contributed by atoms with Crippen LogP contribution in [0.1, 0.15) is 17.6 Å². The highest BCUT2D eigenvalue weighted by molar-refractivity contribution is 5.91. The van der Waals surface area contributed by atoms with Crippen molar-refractivity contribution in [1.29, 1.82) is 0 Å². The second kappa shape index (κ2) is 7.19. The second-order valence-electron chi connectivity index (χ2n) is 5.76. The lowest BCUT2D eigenvalue weighted by Crippen LogP contribution is -2.33. The van der Waals surface area contributed by atoms with Crippen molar-refractivity contribution in [3.63, 3.8) is 0 Å². The minimum atomic E-state index is -0.172. The van der Waals surface area contributed by atoms with E-state index in [1.807, 2.05) is 49.3 Å². The summed E-state index contributed by atoms with van der Waals surface area (Å²) in [5.74, 6) is 1.30. The Morgan fingerprint density at radius 2 is 2.08 bits per heavy atom. The van der Waals surface area contributed by atoms with Crippen LogP contribution in [0.15, 0.2) is 63.6 Å². The molecule has 24 heavy (non-hydrogen) atoms. The topological polar surface area (TPSA) is 58.6 Å². The lowest BCUT2D eigenvalue weighted by atomic mass is 10.2. The number of amides is 1. The van der Waals surface area contributed by atoms with Crippen molar-refractivity contribution in [3.05, 3.63) is 66.3 Å². The van der Waals surface area contributed by atoms with E-state index in [1.165, 1.54) is 6.08 Å². The summed E-state index contributed by atoms with van der Waals surface area (Å²) < 4.78 is 11.1. The number of nitrogens with zero attached hydrogens (tertiary/aromatic N) is 1. The quantitative estimate of drug-likeness (QED) is 0.706. The highest BCUT2D eigenvalue weighted by Crippen LogP contribution is 2.25. The Bertz CT molecular complexity index is 798. The number of hydrogen-bond acceptors (Lipinski definition) is 4.